The average molecular weight is 303 g/mol. The zero-order chi connectivity index (χ0) is 15.7. The number of fused-ring (bicyclic) bond motifs is 5. The van der Waals surface area contributed by atoms with Crippen LogP contribution in [0.25, 0.3) is 0 Å². The molecule has 4 rings (SSSR count). The van der Waals surface area contributed by atoms with Gasteiger partial charge in [-0.05, 0) is 85.4 Å². The predicted octanol–water partition coefficient (Wildman–Crippen LogP) is 5.48. The van der Waals surface area contributed by atoms with E-state index in [0.717, 1.165) is 36.0 Å². The Balaban J connectivity index is 1.61. The van der Waals surface area contributed by atoms with E-state index in [4.69, 9.17) is 0 Å². The van der Waals surface area contributed by atoms with E-state index in [1.54, 1.807) is 0 Å². The van der Waals surface area contributed by atoms with Gasteiger partial charge in [0.15, 0.2) is 0 Å². The lowest BCUT2D eigenvalue weighted by atomic mass is 9.47. The molecule has 0 bridgehead atoms. The van der Waals surface area contributed by atoms with Gasteiger partial charge in [-0.25, -0.2) is 0 Å². The Morgan fingerprint density at radius 2 is 1.50 bits per heavy atom. The van der Waals surface area contributed by atoms with Gasteiger partial charge in [0.25, 0.3) is 0 Å². The van der Waals surface area contributed by atoms with Gasteiger partial charge in [0.1, 0.15) is 5.78 Å². The molecule has 0 saturated heterocycles. The molecule has 0 spiro atoms. The molecule has 4 fully saturated rings. The third-order valence-electron chi connectivity index (χ3n) is 9.32. The second-order valence-corrected chi connectivity index (χ2v) is 10.0. The normalized spacial score (nSPS) is 53.5. The Hall–Kier alpha value is -0.330. The molecule has 7 unspecified atom stereocenters. The molecular formula is C21H34O. The maximum Gasteiger partial charge on any atom is 0.135 e. The van der Waals surface area contributed by atoms with E-state index in [1.165, 1.54) is 44.9 Å². The van der Waals surface area contributed by atoms with E-state index in [2.05, 4.69) is 27.7 Å². The third-order valence-corrected chi connectivity index (χ3v) is 9.32. The molecule has 1 nitrogen and oxygen atoms in total. The molecule has 4 aliphatic rings. The van der Waals surface area contributed by atoms with Crippen LogP contribution in [0, 0.1) is 46.3 Å². The molecule has 4 aliphatic carbocycles. The van der Waals surface area contributed by atoms with Crippen molar-refractivity contribution >= 4 is 5.78 Å². The zero-order valence-corrected chi connectivity index (χ0v) is 15.0. The maximum absolute atomic E-state index is 12.1. The topological polar surface area (TPSA) is 17.1 Å². The highest BCUT2D eigenvalue weighted by Gasteiger charge is 2.60. The van der Waals surface area contributed by atoms with Crippen molar-refractivity contribution in [1.29, 1.82) is 0 Å². The monoisotopic (exact) mass is 302 g/mol. The van der Waals surface area contributed by atoms with E-state index in [-0.39, 0.29) is 0 Å². The van der Waals surface area contributed by atoms with Crippen LogP contribution in [0.15, 0.2) is 0 Å². The first-order valence-electron chi connectivity index (χ1n) is 9.88. The lowest BCUT2D eigenvalue weighted by Gasteiger charge is -2.58. The first-order chi connectivity index (χ1) is 10.3. The van der Waals surface area contributed by atoms with Gasteiger partial charge in [-0.15, -0.1) is 0 Å². The molecule has 1 heteroatoms. The molecule has 4 saturated carbocycles. The van der Waals surface area contributed by atoms with Crippen LogP contribution in [-0.2, 0) is 4.79 Å². The van der Waals surface area contributed by atoms with Crippen molar-refractivity contribution < 1.29 is 4.79 Å². The van der Waals surface area contributed by atoms with Crippen LogP contribution in [0.5, 0.6) is 0 Å². The highest BCUT2D eigenvalue weighted by atomic mass is 16.1. The summed E-state index contributed by atoms with van der Waals surface area (Å²) in [5, 5.41) is 0. The SMILES string of the molecule is CC1C(=O)CCC2C1CCC1C2CCC2(C)C1CCC2(C)C. The summed E-state index contributed by atoms with van der Waals surface area (Å²) < 4.78 is 0. The Morgan fingerprint density at radius 1 is 0.818 bits per heavy atom. The smallest absolute Gasteiger partial charge is 0.135 e. The fourth-order valence-corrected chi connectivity index (χ4v) is 7.50. The number of carbonyl (C=O) groups is 1. The van der Waals surface area contributed by atoms with E-state index >= 15 is 0 Å². The van der Waals surface area contributed by atoms with Gasteiger partial charge in [-0.1, -0.05) is 27.7 Å². The largest absolute Gasteiger partial charge is 0.299 e. The molecule has 0 amide bonds. The van der Waals surface area contributed by atoms with Gasteiger partial charge in [0.2, 0.25) is 0 Å². The summed E-state index contributed by atoms with van der Waals surface area (Å²) in [4.78, 5) is 12.1. The minimum absolute atomic E-state index is 0.355. The predicted molar refractivity (Wildman–Crippen MR) is 90.4 cm³/mol. The lowest BCUT2D eigenvalue weighted by Crippen LogP contribution is -2.51. The molecule has 0 N–H and O–H groups in total. The summed E-state index contributed by atoms with van der Waals surface area (Å²) >= 11 is 0. The second-order valence-electron chi connectivity index (χ2n) is 10.0. The minimum Gasteiger partial charge on any atom is -0.299 e. The summed E-state index contributed by atoms with van der Waals surface area (Å²) in [6.45, 7) is 9.89. The number of ketones is 1. The summed E-state index contributed by atoms with van der Waals surface area (Å²) in [5.74, 6) is 5.40. The molecule has 0 aliphatic heterocycles. The Labute approximate surface area is 136 Å². The quantitative estimate of drug-likeness (QED) is 0.579. The number of rotatable bonds is 0. The van der Waals surface area contributed by atoms with Crippen molar-refractivity contribution in [2.45, 2.75) is 79.1 Å². The van der Waals surface area contributed by atoms with Gasteiger partial charge in [-0.2, -0.15) is 0 Å². The number of carbonyl (C=O) groups excluding carboxylic acids is 1. The van der Waals surface area contributed by atoms with E-state index in [9.17, 15) is 4.79 Å². The van der Waals surface area contributed by atoms with Crippen molar-refractivity contribution in [3.8, 4) is 0 Å². The minimum atomic E-state index is 0.355. The van der Waals surface area contributed by atoms with Crippen molar-refractivity contribution in [2.24, 2.45) is 46.3 Å². The van der Waals surface area contributed by atoms with E-state index in [1.807, 2.05) is 0 Å². The Morgan fingerprint density at radius 3 is 2.27 bits per heavy atom. The van der Waals surface area contributed by atoms with E-state index in [0.29, 0.717) is 22.5 Å². The standard InChI is InChI=1S/C21H34O/c1-13-14-5-6-17-16(15(14)7-8-19(13)22)9-12-21(4)18(17)10-11-20(21,2)3/h13-18H,5-12H2,1-4H3. The van der Waals surface area contributed by atoms with Crippen LogP contribution in [0.2, 0.25) is 0 Å². The van der Waals surface area contributed by atoms with Crippen molar-refractivity contribution in [2.75, 3.05) is 0 Å². The van der Waals surface area contributed by atoms with Gasteiger partial charge >= 0.3 is 0 Å². The molecule has 0 aromatic rings. The molecule has 22 heavy (non-hydrogen) atoms. The summed E-state index contributed by atoms with van der Waals surface area (Å²) in [5.41, 5.74) is 1.12. The highest BCUT2D eigenvalue weighted by molar-refractivity contribution is 5.81. The molecule has 0 aromatic heterocycles. The molecule has 0 heterocycles. The number of Topliss-reactive ketones (excluding diaryl/α,β-unsaturated/α-hetero) is 1. The van der Waals surface area contributed by atoms with Gasteiger partial charge in [0.05, 0.1) is 0 Å². The van der Waals surface area contributed by atoms with Crippen molar-refractivity contribution in [3.63, 3.8) is 0 Å². The number of hydrogen-bond donors (Lipinski definition) is 0. The zero-order valence-electron chi connectivity index (χ0n) is 15.0. The Bertz CT molecular complexity index is 478. The lowest BCUT2D eigenvalue weighted by molar-refractivity contribution is -0.135. The fourth-order valence-electron chi connectivity index (χ4n) is 7.50. The first-order valence-corrected chi connectivity index (χ1v) is 9.88. The van der Waals surface area contributed by atoms with Gasteiger partial charge in [-0.3, -0.25) is 4.79 Å². The molecular weight excluding hydrogens is 268 g/mol. The summed E-state index contributed by atoms with van der Waals surface area (Å²) in [6, 6.07) is 0. The second kappa shape index (κ2) is 4.84. The average Bonchev–Trinajstić information content (AvgIpc) is 2.73. The van der Waals surface area contributed by atoms with Gasteiger partial charge < -0.3 is 0 Å². The van der Waals surface area contributed by atoms with Crippen molar-refractivity contribution in [1.82, 2.24) is 0 Å². The van der Waals surface area contributed by atoms with Crippen LogP contribution in [-0.4, -0.2) is 5.78 Å². The van der Waals surface area contributed by atoms with Crippen LogP contribution >= 0.6 is 0 Å². The fraction of sp³-hybridized carbons (Fsp3) is 0.952. The highest BCUT2D eigenvalue weighted by Crippen LogP contribution is 2.68. The molecule has 0 aromatic carbocycles. The molecule has 7 atom stereocenters. The van der Waals surface area contributed by atoms with Crippen molar-refractivity contribution in [3.05, 3.63) is 0 Å². The summed E-state index contributed by atoms with van der Waals surface area (Å²) in [7, 11) is 0. The molecule has 0 radical (unpaired) electrons. The number of hydrogen-bond acceptors (Lipinski definition) is 1. The van der Waals surface area contributed by atoms with Gasteiger partial charge in [0, 0.05) is 12.3 Å². The van der Waals surface area contributed by atoms with Crippen LogP contribution in [0.1, 0.15) is 79.1 Å². The van der Waals surface area contributed by atoms with Crippen LogP contribution in [0.4, 0.5) is 0 Å². The maximum atomic E-state index is 12.1. The Kier molecular flexibility index (Phi) is 3.34. The van der Waals surface area contributed by atoms with Crippen LogP contribution in [0.3, 0.4) is 0 Å². The third kappa shape index (κ3) is 1.86. The van der Waals surface area contributed by atoms with Crippen LogP contribution < -0.4 is 0 Å². The first kappa shape index (κ1) is 15.2. The molecule has 124 valence electrons. The summed E-state index contributed by atoms with van der Waals surface area (Å²) in [6.07, 6.45) is 10.6. The van der Waals surface area contributed by atoms with E-state index < -0.39 is 0 Å².